The van der Waals surface area contributed by atoms with Crippen LogP contribution in [-0.4, -0.2) is 51.5 Å². The van der Waals surface area contributed by atoms with Gasteiger partial charge in [-0.2, -0.15) is 0 Å². The number of benzene rings is 1. The van der Waals surface area contributed by atoms with Gasteiger partial charge >= 0.3 is 0 Å². The lowest BCUT2D eigenvalue weighted by Crippen LogP contribution is -2.54. The first-order valence-electron chi connectivity index (χ1n) is 7.98. The zero-order valence-corrected chi connectivity index (χ0v) is 12.6. The number of piperazine rings is 1. The van der Waals surface area contributed by atoms with Gasteiger partial charge in [-0.3, -0.25) is 19.8 Å². The van der Waals surface area contributed by atoms with E-state index in [-0.39, 0.29) is 0 Å². The average molecular weight is 282 g/mol. The normalized spacial score (nSPS) is 27.1. The SMILES string of the molecule is C[C@@H]1CN2CCC[C@@H]2CN1Cc1cccc2nccnc12. The molecular formula is C17H22N4. The smallest absolute Gasteiger partial charge is 0.0931 e. The van der Waals surface area contributed by atoms with Gasteiger partial charge in [-0.15, -0.1) is 0 Å². The average Bonchev–Trinajstić information content (AvgIpc) is 2.95. The van der Waals surface area contributed by atoms with Crippen molar-refractivity contribution in [2.75, 3.05) is 19.6 Å². The molecule has 3 heterocycles. The highest BCUT2D eigenvalue weighted by Gasteiger charge is 2.34. The van der Waals surface area contributed by atoms with E-state index in [2.05, 4.69) is 38.8 Å². The van der Waals surface area contributed by atoms with Crippen molar-refractivity contribution in [1.29, 1.82) is 0 Å². The van der Waals surface area contributed by atoms with E-state index in [0.717, 1.165) is 23.6 Å². The zero-order chi connectivity index (χ0) is 14.2. The van der Waals surface area contributed by atoms with Gasteiger partial charge in [-0.05, 0) is 37.9 Å². The van der Waals surface area contributed by atoms with Crippen molar-refractivity contribution in [3.63, 3.8) is 0 Å². The van der Waals surface area contributed by atoms with Crippen LogP contribution in [0.4, 0.5) is 0 Å². The predicted octanol–water partition coefficient (Wildman–Crippen LogP) is 2.30. The molecule has 1 aromatic heterocycles. The van der Waals surface area contributed by atoms with Gasteiger partial charge in [0.05, 0.1) is 11.0 Å². The molecule has 2 aliphatic rings. The predicted molar refractivity (Wildman–Crippen MR) is 84.0 cm³/mol. The Balaban J connectivity index is 1.59. The largest absolute Gasteiger partial charge is 0.298 e. The van der Waals surface area contributed by atoms with Gasteiger partial charge < -0.3 is 0 Å². The summed E-state index contributed by atoms with van der Waals surface area (Å²) in [6.07, 6.45) is 6.29. The Hall–Kier alpha value is -1.52. The molecule has 0 N–H and O–H groups in total. The van der Waals surface area contributed by atoms with Crippen LogP contribution in [0.25, 0.3) is 11.0 Å². The molecule has 0 saturated carbocycles. The van der Waals surface area contributed by atoms with Crippen molar-refractivity contribution >= 4 is 11.0 Å². The van der Waals surface area contributed by atoms with Crippen molar-refractivity contribution in [2.45, 2.75) is 38.4 Å². The number of rotatable bonds is 2. The number of aromatic nitrogens is 2. The molecule has 0 spiro atoms. The fourth-order valence-corrected chi connectivity index (χ4v) is 3.87. The van der Waals surface area contributed by atoms with Crippen molar-refractivity contribution in [3.8, 4) is 0 Å². The van der Waals surface area contributed by atoms with E-state index in [1.165, 1.54) is 38.0 Å². The molecule has 2 saturated heterocycles. The minimum atomic E-state index is 0.617. The molecule has 1 aromatic carbocycles. The van der Waals surface area contributed by atoms with Gasteiger partial charge in [0.2, 0.25) is 0 Å². The van der Waals surface area contributed by atoms with Crippen LogP contribution in [0.1, 0.15) is 25.3 Å². The second kappa shape index (κ2) is 5.35. The third-order valence-electron chi connectivity index (χ3n) is 5.02. The Kier molecular flexibility index (Phi) is 3.36. The number of hydrogen-bond donors (Lipinski definition) is 0. The first-order valence-corrected chi connectivity index (χ1v) is 7.98. The number of fused-ring (bicyclic) bond motifs is 2. The molecule has 2 aromatic rings. The van der Waals surface area contributed by atoms with Crippen molar-refractivity contribution in [3.05, 3.63) is 36.2 Å². The maximum atomic E-state index is 4.54. The van der Waals surface area contributed by atoms with E-state index >= 15 is 0 Å². The molecule has 0 unspecified atom stereocenters. The molecule has 0 bridgehead atoms. The standard InChI is InChI=1S/C17H22N4/c1-13-10-20-9-3-5-15(20)12-21(13)11-14-4-2-6-16-17(14)19-8-7-18-16/h2,4,6-8,13,15H,3,5,9-12H2,1H3/t13-,15-/m1/s1. The van der Waals surface area contributed by atoms with E-state index in [0.29, 0.717) is 6.04 Å². The Morgan fingerprint density at radius 3 is 3.05 bits per heavy atom. The van der Waals surface area contributed by atoms with Crippen LogP contribution in [0, 0.1) is 0 Å². The summed E-state index contributed by atoms with van der Waals surface area (Å²) in [6.45, 7) is 7.04. The fraction of sp³-hybridized carbons (Fsp3) is 0.529. The monoisotopic (exact) mass is 282 g/mol. The molecule has 2 aliphatic heterocycles. The summed E-state index contributed by atoms with van der Waals surface area (Å²) in [6, 6.07) is 7.73. The molecule has 21 heavy (non-hydrogen) atoms. The number of nitrogens with zero attached hydrogens (tertiary/aromatic N) is 4. The van der Waals surface area contributed by atoms with Crippen LogP contribution in [0.2, 0.25) is 0 Å². The highest BCUT2D eigenvalue weighted by atomic mass is 15.3. The molecule has 0 aliphatic carbocycles. The summed E-state index contributed by atoms with van der Waals surface area (Å²) >= 11 is 0. The molecule has 2 fully saturated rings. The summed E-state index contributed by atoms with van der Waals surface area (Å²) in [5, 5.41) is 0. The first kappa shape index (κ1) is 13.2. The van der Waals surface area contributed by atoms with Gasteiger partial charge in [0, 0.05) is 44.1 Å². The lowest BCUT2D eigenvalue weighted by atomic mass is 10.1. The van der Waals surface area contributed by atoms with Crippen LogP contribution in [-0.2, 0) is 6.54 Å². The third kappa shape index (κ3) is 2.43. The number of para-hydroxylation sites is 1. The first-order chi connectivity index (χ1) is 10.3. The zero-order valence-electron chi connectivity index (χ0n) is 12.6. The highest BCUT2D eigenvalue weighted by Crippen LogP contribution is 2.26. The quantitative estimate of drug-likeness (QED) is 0.846. The Labute approximate surface area is 125 Å². The third-order valence-corrected chi connectivity index (χ3v) is 5.02. The van der Waals surface area contributed by atoms with E-state index in [4.69, 9.17) is 0 Å². The van der Waals surface area contributed by atoms with E-state index in [9.17, 15) is 0 Å². The Morgan fingerprint density at radius 2 is 2.10 bits per heavy atom. The molecule has 2 atom stereocenters. The van der Waals surface area contributed by atoms with E-state index < -0.39 is 0 Å². The van der Waals surface area contributed by atoms with Gasteiger partial charge in [0.1, 0.15) is 0 Å². The molecule has 4 heteroatoms. The van der Waals surface area contributed by atoms with Gasteiger partial charge in [0.25, 0.3) is 0 Å². The van der Waals surface area contributed by atoms with Crippen LogP contribution in [0.5, 0.6) is 0 Å². The van der Waals surface area contributed by atoms with Crippen LogP contribution in [0.15, 0.2) is 30.6 Å². The lowest BCUT2D eigenvalue weighted by molar-refractivity contribution is 0.0543. The second-order valence-electron chi connectivity index (χ2n) is 6.41. The van der Waals surface area contributed by atoms with E-state index in [1.54, 1.807) is 12.4 Å². The Morgan fingerprint density at radius 1 is 1.19 bits per heavy atom. The topological polar surface area (TPSA) is 32.3 Å². The maximum absolute atomic E-state index is 4.54. The van der Waals surface area contributed by atoms with Crippen molar-refractivity contribution < 1.29 is 0 Å². The molecule has 4 rings (SSSR count). The lowest BCUT2D eigenvalue weighted by Gasteiger charge is -2.42. The molecule has 0 amide bonds. The van der Waals surface area contributed by atoms with Gasteiger partial charge in [-0.1, -0.05) is 12.1 Å². The summed E-state index contributed by atoms with van der Waals surface area (Å²) < 4.78 is 0. The fourth-order valence-electron chi connectivity index (χ4n) is 3.87. The molecule has 110 valence electrons. The minimum absolute atomic E-state index is 0.617. The van der Waals surface area contributed by atoms with Crippen LogP contribution >= 0.6 is 0 Å². The maximum Gasteiger partial charge on any atom is 0.0931 e. The van der Waals surface area contributed by atoms with Crippen LogP contribution in [0.3, 0.4) is 0 Å². The summed E-state index contributed by atoms with van der Waals surface area (Å²) in [5.41, 5.74) is 3.36. The number of hydrogen-bond acceptors (Lipinski definition) is 4. The molecular weight excluding hydrogens is 260 g/mol. The highest BCUT2D eigenvalue weighted by molar-refractivity contribution is 5.77. The van der Waals surface area contributed by atoms with Crippen LogP contribution < -0.4 is 0 Å². The summed E-state index contributed by atoms with van der Waals surface area (Å²) in [7, 11) is 0. The van der Waals surface area contributed by atoms with E-state index in [1.807, 2.05) is 6.07 Å². The second-order valence-corrected chi connectivity index (χ2v) is 6.41. The summed E-state index contributed by atoms with van der Waals surface area (Å²) in [5.74, 6) is 0. The van der Waals surface area contributed by atoms with Gasteiger partial charge in [0.15, 0.2) is 0 Å². The summed E-state index contributed by atoms with van der Waals surface area (Å²) in [4.78, 5) is 14.2. The van der Waals surface area contributed by atoms with Crippen molar-refractivity contribution in [2.24, 2.45) is 0 Å². The molecule has 0 radical (unpaired) electrons. The minimum Gasteiger partial charge on any atom is -0.298 e. The molecule has 4 nitrogen and oxygen atoms in total. The van der Waals surface area contributed by atoms with Gasteiger partial charge in [-0.25, -0.2) is 0 Å². The van der Waals surface area contributed by atoms with Crippen molar-refractivity contribution in [1.82, 2.24) is 19.8 Å². The Bertz CT molecular complexity index is 636.